The summed E-state index contributed by atoms with van der Waals surface area (Å²) in [7, 11) is 3.66. The highest BCUT2D eigenvalue weighted by atomic mass is 16.7. The van der Waals surface area contributed by atoms with E-state index >= 15 is 0 Å². The third kappa shape index (κ3) is 3.16. The molecule has 1 saturated heterocycles. The number of aliphatic imine (C=N–C) groups is 1. The second kappa shape index (κ2) is 7.33. The summed E-state index contributed by atoms with van der Waals surface area (Å²) in [6.45, 7) is 4.20. The number of hydroxylamine groups is 2. The van der Waals surface area contributed by atoms with Gasteiger partial charge in [0.1, 0.15) is 5.69 Å². The third-order valence-electron chi connectivity index (χ3n) is 5.23. The molecule has 2 aliphatic rings. The molecule has 1 N–H and O–H groups in total. The Kier molecular flexibility index (Phi) is 4.86. The van der Waals surface area contributed by atoms with Crippen molar-refractivity contribution in [1.29, 1.82) is 0 Å². The summed E-state index contributed by atoms with van der Waals surface area (Å²) in [5.74, 6) is 1.13. The van der Waals surface area contributed by atoms with Gasteiger partial charge in [-0.15, -0.1) is 0 Å². The van der Waals surface area contributed by atoms with Crippen molar-refractivity contribution in [3.8, 4) is 0 Å². The molecule has 2 aliphatic heterocycles. The van der Waals surface area contributed by atoms with Crippen molar-refractivity contribution in [2.75, 3.05) is 31.6 Å². The highest BCUT2D eigenvalue weighted by molar-refractivity contribution is 6.06. The van der Waals surface area contributed by atoms with E-state index in [9.17, 15) is 4.79 Å². The normalized spacial score (nSPS) is 18.4. The third-order valence-corrected chi connectivity index (χ3v) is 5.23. The van der Waals surface area contributed by atoms with Gasteiger partial charge in [0.15, 0.2) is 17.4 Å². The van der Waals surface area contributed by atoms with Crippen LogP contribution in [-0.2, 0) is 11.9 Å². The molecule has 2 aromatic rings. The molecule has 4 rings (SSSR count). The Morgan fingerprint density at radius 2 is 2.11 bits per heavy atom. The van der Waals surface area contributed by atoms with Crippen LogP contribution < -0.4 is 10.2 Å². The van der Waals surface area contributed by atoms with E-state index in [-0.39, 0.29) is 5.91 Å². The van der Waals surface area contributed by atoms with Gasteiger partial charge < -0.3 is 14.8 Å². The molecule has 0 aromatic carbocycles. The number of amides is 1. The lowest BCUT2D eigenvalue weighted by Crippen LogP contribution is -2.42. The fourth-order valence-electron chi connectivity index (χ4n) is 3.70. The fourth-order valence-corrected chi connectivity index (χ4v) is 3.70. The van der Waals surface area contributed by atoms with Crippen molar-refractivity contribution in [3.63, 3.8) is 0 Å². The Hall–Kier alpha value is -2.78. The van der Waals surface area contributed by atoms with Crippen LogP contribution in [0.3, 0.4) is 0 Å². The molecule has 0 bridgehead atoms. The van der Waals surface area contributed by atoms with Gasteiger partial charge in [-0.3, -0.25) is 9.78 Å². The molecule has 0 atom stereocenters. The molecule has 1 fully saturated rings. The van der Waals surface area contributed by atoms with E-state index in [0.717, 1.165) is 31.6 Å². The van der Waals surface area contributed by atoms with E-state index in [1.807, 2.05) is 33.2 Å². The highest BCUT2D eigenvalue weighted by Crippen LogP contribution is 2.32. The maximum atomic E-state index is 13.1. The molecule has 28 heavy (non-hydrogen) atoms. The fraction of sp³-hybridized carbons (Fsp3) is 0.474. The first-order chi connectivity index (χ1) is 13.5. The van der Waals surface area contributed by atoms with Crippen LogP contribution in [0.5, 0.6) is 0 Å². The maximum Gasteiger partial charge on any atom is 0.276 e. The van der Waals surface area contributed by atoms with Gasteiger partial charge in [0.05, 0.1) is 18.1 Å². The molecule has 9 nitrogen and oxygen atoms in total. The zero-order valence-electron chi connectivity index (χ0n) is 16.4. The van der Waals surface area contributed by atoms with Gasteiger partial charge in [0.25, 0.3) is 5.91 Å². The minimum atomic E-state index is -0.531. The molecule has 0 radical (unpaired) electrons. The molecule has 1 spiro atoms. The van der Waals surface area contributed by atoms with Crippen LogP contribution in [0, 0.1) is 0 Å². The second-order valence-corrected chi connectivity index (χ2v) is 7.01. The average molecular weight is 383 g/mol. The number of nitrogens with zero attached hydrogens (tertiary/aromatic N) is 6. The van der Waals surface area contributed by atoms with Gasteiger partial charge in [-0.1, -0.05) is 0 Å². The molecule has 2 aromatic heterocycles. The minimum Gasteiger partial charge on any atom is -0.320 e. The molecule has 9 heteroatoms. The SMILES string of the molecule is CCN(C(=O)c1cnc(C2=NC3(CCNCC3)ON2C)n1C)c1cccnc1. The number of aromatic nitrogens is 3. The first-order valence-corrected chi connectivity index (χ1v) is 9.52. The van der Waals surface area contributed by atoms with Gasteiger partial charge >= 0.3 is 0 Å². The Labute approximate surface area is 164 Å². The molecule has 0 aliphatic carbocycles. The maximum absolute atomic E-state index is 13.1. The Bertz CT molecular complexity index is 887. The number of anilines is 1. The lowest BCUT2D eigenvalue weighted by Gasteiger charge is -2.30. The van der Waals surface area contributed by atoms with Gasteiger partial charge in [0.2, 0.25) is 0 Å². The lowest BCUT2D eigenvalue weighted by atomic mass is 10.0. The van der Waals surface area contributed by atoms with Crippen LogP contribution >= 0.6 is 0 Å². The zero-order chi connectivity index (χ0) is 19.7. The summed E-state index contributed by atoms with van der Waals surface area (Å²) in [6, 6.07) is 3.69. The number of hydrogen-bond donors (Lipinski definition) is 1. The molecular weight excluding hydrogens is 358 g/mol. The van der Waals surface area contributed by atoms with Crippen molar-refractivity contribution in [2.24, 2.45) is 12.0 Å². The number of piperidine rings is 1. The number of rotatable bonds is 4. The number of carbonyl (C=O) groups is 1. The Morgan fingerprint density at radius 3 is 2.79 bits per heavy atom. The predicted molar refractivity (Wildman–Crippen MR) is 105 cm³/mol. The van der Waals surface area contributed by atoms with Crippen molar-refractivity contribution in [3.05, 3.63) is 42.2 Å². The van der Waals surface area contributed by atoms with Crippen LogP contribution in [0.15, 0.2) is 35.7 Å². The van der Waals surface area contributed by atoms with Gasteiger partial charge in [-0.2, -0.15) is 0 Å². The average Bonchev–Trinajstić information content (AvgIpc) is 3.23. The topological polar surface area (TPSA) is 87.9 Å². The number of carbonyl (C=O) groups excluding carboxylic acids is 1. The lowest BCUT2D eigenvalue weighted by molar-refractivity contribution is -0.176. The standard InChI is InChI=1S/C19H25N7O2/c1-4-26(14-6-5-9-21-12-14)18(27)15-13-22-16(24(15)2)17-23-19(28-25(17)3)7-10-20-11-8-19/h5-6,9,12-13,20H,4,7-8,10-11H2,1-3H3. The van der Waals surface area contributed by atoms with Crippen LogP contribution in [0.1, 0.15) is 36.1 Å². The van der Waals surface area contributed by atoms with Gasteiger partial charge in [-0.25, -0.2) is 19.9 Å². The molecule has 0 saturated carbocycles. The first-order valence-electron chi connectivity index (χ1n) is 9.52. The quantitative estimate of drug-likeness (QED) is 0.853. The van der Waals surface area contributed by atoms with E-state index in [0.29, 0.717) is 23.9 Å². The van der Waals surface area contributed by atoms with Gasteiger partial charge in [-0.05, 0) is 32.1 Å². The summed E-state index contributed by atoms with van der Waals surface area (Å²) in [4.78, 5) is 34.3. The first kappa shape index (κ1) is 18.6. The molecular formula is C19H25N7O2. The zero-order valence-corrected chi connectivity index (χ0v) is 16.4. The Balaban J connectivity index is 1.64. The van der Waals surface area contributed by atoms with Crippen LogP contribution in [0.25, 0.3) is 0 Å². The molecule has 0 unspecified atom stereocenters. The number of imidazole rings is 1. The smallest absolute Gasteiger partial charge is 0.276 e. The summed E-state index contributed by atoms with van der Waals surface area (Å²) >= 11 is 0. The van der Waals surface area contributed by atoms with Crippen LogP contribution in [0.2, 0.25) is 0 Å². The number of pyridine rings is 1. The predicted octanol–water partition coefficient (Wildman–Crippen LogP) is 1.19. The number of nitrogens with one attached hydrogen (secondary N) is 1. The van der Waals surface area contributed by atoms with Crippen LogP contribution in [0.4, 0.5) is 5.69 Å². The summed E-state index contributed by atoms with van der Waals surface area (Å²) in [5, 5.41) is 4.99. The molecule has 4 heterocycles. The second-order valence-electron chi connectivity index (χ2n) is 7.01. The summed E-state index contributed by atoms with van der Waals surface area (Å²) in [6.07, 6.45) is 6.58. The van der Waals surface area contributed by atoms with E-state index in [4.69, 9.17) is 9.83 Å². The summed E-state index contributed by atoms with van der Waals surface area (Å²) in [5.41, 5.74) is 0.713. The van der Waals surface area contributed by atoms with E-state index in [1.54, 1.807) is 33.1 Å². The minimum absolute atomic E-state index is 0.129. The van der Waals surface area contributed by atoms with E-state index in [2.05, 4.69) is 15.3 Å². The monoisotopic (exact) mass is 383 g/mol. The molecule has 1 amide bonds. The highest BCUT2D eigenvalue weighted by Gasteiger charge is 2.42. The van der Waals surface area contributed by atoms with Crippen molar-refractivity contribution in [1.82, 2.24) is 24.9 Å². The largest absolute Gasteiger partial charge is 0.320 e. The van der Waals surface area contributed by atoms with E-state index < -0.39 is 5.72 Å². The number of hydrogen-bond acceptors (Lipinski definition) is 7. The molecule has 148 valence electrons. The Morgan fingerprint density at radius 1 is 1.32 bits per heavy atom. The van der Waals surface area contributed by atoms with Gasteiger partial charge in [0, 0.05) is 39.7 Å². The van der Waals surface area contributed by atoms with E-state index in [1.165, 1.54) is 0 Å². The number of amidine groups is 1. The summed E-state index contributed by atoms with van der Waals surface area (Å²) < 4.78 is 1.78. The van der Waals surface area contributed by atoms with Crippen molar-refractivity contribution in [2.45, 2.75) is 25.5 Å². The van der Waals surface area contributed by atoms with Crippen LogP contribution in [-0.4, -0.2) is 63.7 Å². The van der Waals surface area contributed by atoms with Crippen molar-refractivity contribution < 1.29 is 9.63 Å². The van der Waals surface area contributed by atoms with Crippen molar-refractivity contribution >= 4 is 17.4 Å².